The van der Waals surface area contributed by atoms with Crippen LogP contribution in [0.25, 0.3) is 0 Å². The zero-order valence-electron chi connectivity index (χ0n) is 18.4. The van der Waals surface area contributed by atoms with Crippen LogP contribution in [-0.4, -0.2) is 21.1 Å². The van der Waals surface area contributed by atoms with Gasteiger partial charge in [-0.15, -0.1) is 0 Å². The molecule has 5 heteroatoms. The lowest BCUT2D eigenvalue weighted by Crippen LogP contribution is -2.26. The van der Waals surface area contributed by atoms with E-state index in [1.165, 1.54) is 11.1 Å². The summed E-state index contributed by atoms with van der Waals surface area (Å²) in [6.45, 7) is 6.33. The van der Waals surface area contributed by atoms with Crippen molar-refractivity contribution >= 4 is 10.0 Å². The Morgan fingerprint density at radius 2 is 1.52 bits per heavy atom. The summed E-state index contributed by atoms with van der Waals surface area (Å²) in [6, 6.07) is 25.4. The van der Waals surface area contributed by atoms with Crippen LogP contribution in [0.1, 0.15) is 42.9 Å². The first-order valence-corrected chi connectivity index (χ1v) is 12.2. The van der Waals surface area contributed by atoms with Crippen molar-refractivity contribution in [1.82, 2.24) is 4.72 Å². The molecule has 0 spiro atoms. The number of hydrogen-bond acceptors (Lipinski definition) is 3. The molecule has 0 bridgehead atoms. The van der Waals surface area contributed by atoms with Gasteiger partial charge in [0.1, 0.15) is 5.75 Å². The van der Waals surface area contributed by atoms with Crippen LogP contribution in [0.2, 0.25) is 0 Å². The molecule has 164 valence electrons. The van der Waals surface area contributed by atoms with Crippen LogP contribution >= 0.6 is 0 Å². The van der Waals surface area contributed by atoms with Crippen LogP contribution in [0, 0.1) is 6.92 Å². The lowest BCUT2D eigenvalue weighted by molar-refractivity contribution is 0.242. The van der Waals surface area contributed by atoms with Crippen molar-refractivity contribution in [3.05, 3.63) is 95.6 Å². The first-order chi connectivity index (χ1) is 14.8. The third-order valence-electron chi connectivity index (χ3n) is 5.16. The minimum atomic E-state index is -3.52. The van der Waals surface area contributed by atoms with E-state index >= 15 is 0 Å². The van der Waals surface area contributed by atoms with E-state index < -0.39 is 10.0 Å². The Kier molecular flexibility index (Phi) is 7.88. The number of ether oxygens (including phenoxy) is 1. The molecule has 3 aromatic carbocycles. The van der Waals surface area contributed by atoms with Gasteiger partial charge in [-0.1, -0.05) is 60.2 Å². The maximum absolute atomic E-state index is 12.6. The van der Waals surface area contributed by atoms with Crippen molar-refractivity contribution < 1.29 is 13.2 Å². The first kappa shape index (κ1) is 23.0. The molecule has 4 nitrogen and oxygen atoms in total. The number of nitrogens with one attached hydrogen (secondary N) is 1. The van der Waals surface area contributed by atoms with E-state index in [0.29, 0.717) is 17.9 Å². The van der Waals surface area contributed by atoms with Gasteiger partial charge in [-0.2, -0.15) is 0 Å². The zero-order valence-corrected chi connectivity index (χ0v) is 19.2. The molecule has 3 rings (SSSR count). The number of benzene rings is 3. The second-order valence-corrected chi connectivity index (χ2v) is 9.89. The monoisotopic (exact) mass is 437 g/mol. The molecule has 0 unspecified atom stereocenters. The molecule has 0 radical (unpaired) electrons. The Morgan fingerprint density at radius 1 is 0.871 bits per heavy atom. The highest BCUT2D eigenvalue weighted by Gasteiger charge is 2.17. The Morgan fingerprint density at radius 3 is 2.13 bits per heavy atom. The minimum absolute atomic E-state index is 0.127. The van der Waals surface area contributed by atoms with Gasteiger partial charge in [0, 0.05) is 6.54 Å². The Balaban J connectivity index is 1.71. The summed E-state index contributed by atoms with van der Waals surface area (Å²) >= 11 is 0. The number of sulfonamides is 1. The van der Waals surface area contributed by atoms with Crippen molar-refractivity contribution in [3.63, 3.8) is 0 Å². The third-order valence-corrected chi connectivity index (χ3v) is 6.64. The van der Waals surface area contributed by atoms with E-state index in [9.17, 15) is 8.42 Å². The predicted molar refractivity (Wildman–Crippen MR) is 126 cm³/mol. The average Bonchev–Trinajstić information content (AvgIpc) is 2.74. The van der Waals surface area contributed by atoms with Crippen LogP contribution in [-0.2, 0) is 16.4 Å². The number of hydrogen-bond donors (Lipinski definition) is 1. The van der Waals surface area contributed by atoms with Crippen molar-refractivity contribution in [2.45, 2.75) is 50.5 Å². The van der Waals surface area contributed by atoms with Crippen LogP contribution < -0.4 is 9.46 Å². The largest absolute Gasteiger partial charge is 0.491 e. The summed E-state index contributed by atoms with van der Waals surface area (Å²) in [5.74, 6) is 1.04. The van der Waals surface area contributed by atoms with Crippen molar-refractivity contribution in [2.24, 2.45) is 0 Å². The molecule has 31 heavy (non-hydrogen) atoms. The molecule has 1 atom stereocenters. The van der Waals surface area contributed by atoms with Gasteiger partial charge >= 0.3 is 0 Å². The first-order valence-electron chi connectivity index (χ1n) is 10.7. The maximum atomic E-state index is 12.6. The van der Waals surface area contributed by atoms with E-state index in [1.807, 2.05) is 63.2 Å². The maximum Gasteiger partial charge on any atom is 0.240 e. The average molecular weight is 438 g/mol. The lowest BCUT2D eigenvalue weighted by atomic mass is 9.89. The van der Waals surface area contributed by atoms with Gasteiger partial charge in [-0.3, -0.25) is 0 Å². The van der Waals surface area contributed by atoms with E-state index in [-0.39, 0.29) is 12.0 Å². The SMILES string of the molecule is Cc1ccc(S(=O)(=O)NCC[C@@H](Cc2ccccc2)c2ccc(OC(C)C)cc2)cc1. The molecule has 0 aliphatic rings. The van der Waals surface area contributed by atoms with Gasteiger partial charge in [-0.25, -0.2) is 13.1 Å². The smallest absolute Gasteiger partial charge is 0.240 e. The van der Waals surface area contributed by atoms with Crippen LogP contribution in [0.15, 0.2) is 83.8 Å². The summed E-state index contributed by atoms with van der Waals surface area (Å²) in [5.41, 5.74) is 3.44. The van der Waals surface area contributed by atoms with Gasteiger partial charge in [-0.05, 0) is 74.9 Å². The van der Waals surface area contributed by atoms with E-state index in [2.05, 4.69) is 29.0 Å². The van der Waals surface area contributed by atoms with Crippen LogP contribution in [0.3, 0.4) is 0 Å². The summed E-state index contributed by atoms with van der Waals surface area (Å²) in [4.78, 5) is 0.299. The Labute approximate surface area is 186 Å². The fraction of sp³-hybridized carbons (Fsp3) is 0.308. The molecule has 3 aromatic rings. The molecule has 0 aromatic heterocycles. The molecule has 0 saturated carbocycles. The Hall–Kier alpha value is -2.63. The van der Waals surface area contributed by atoms with Gasteiger partial charge in [0.25, 0.3) is 0 Å². The minimum Gasteiger partial charge on any atom is -0.491 e. The van der Waals surface area contributed by atoms with Gasteiger partial charge in [0.05, 0.1) is 11.0 Å². The number of aryl methyl sites for hydroxylation is 1. The molecule has 0 heterocycles. The van der Waals surface area contributed by atoms with Crippen molar-refractivity contribution in [2.75, 3.05) is 6.54 Å². The highest BCUT2D eigenvalue weighted by Crippen LogP contribution is 2.26. The van der Waals surface area contributed by atoms with Gasteiger partial charge in [0.15, 0.2) is 0 Å². The van der Waals surface area contributed by atoms with E-state index in [0.717, 1.165) is 17.7 Å². The fourth-order valence-corrected chi connectivity index (χ4v) is 4.59. The van der Waals surface area contributed by atoms with Gasteiger partial charge < -0.3 is 4.74 Å². The topological polar surface area (TPSA) is 55.4 Å². The number of rotatable bonds is 10. The van der Waals surface area contributed by atoms with E-state index in [1.54, 1.807) is 12.1 Å². The summed E-state index contributed by atoms with van der Waals surface area (Å²) < 4.78 is 33.8. The summed E-state index contributed by atoms with van der Waals surface area (Å²) in [7, 11) is -3.52. The normalized spacial score (nSPS) is 12.6. The summed E-state index contributed by atoms with van der Waals surface area (Å²) in [6.07, 6.45) is 1.67. The summed E-state index contributed by atoms with van der Waals surface area (Å²) in [5, 5.41) is 0. The molecule has 0 aliphatic heterocycles. The molecule has 1 N–H and O–H groups in total. The molecule has 0 saturated heterocycles. The highest BCUT2D eigenvalue weighted by molar-refractivity contribution is 7.89. The molecular formula is C26H31NO3S. The third kappa shape index (κ3) is 6.94. The zero-order chi connectivity index (χ0) is 22.3. The van der Waals surface area contributed by atoms with Crippen LogP contribution in [0.4, 0.5) is 0 Å². The van der Waals surface area contributed by atoms with Crippen molar-refractivity contribution in [3.8, 4) is 5.75 Å². The molecule has 0 amide bonds. The molecular weight excluding hydrogens is 406 g/mol. The predicted octanol–water partition coefficient (Wildman–Crippen LogP) is 5.48. The Bertz CT molecular complexity index is 1040. The molecule has 0 fully saturated rings. The second-order valence-electron chi connectivity index (χ2n) is 8.12. The lowest BCUT2D eigenvalue weighted by Gasteiger charge is -2.19. The van der Waals surface area contributed by atoms with E-state index in [4.69, 9.17) is 4.74 Å². The van der Waals surface area contributed by atoms with Crippen molar-refractivity contribution in [1.29, 1.82) is 0 Å². The fourth-order valence-electron chi connectivity index (χ4n) is 3.54. The highest BCUT2D eigenvalue weighted by atomic mass is 32.2. The quantitative estimate of drug-likeness (QED) is 0.457. The second kappa shape index (κ2) is 10.6. The molecule has 0 aliphatic carbocycles. The van der Waals surface area contributed by atoms with Crippen LogP contribution in [0.5, 0.6) is 5.75 Å². The van der Waals surface area contributed by atoms with Gasteiger partial charge in [0.2, 0.25) is 10.0 Å². The standard InChI is InChI=1S/C26H31NO3S/c1-20(2)30-25-13-11-23(12-14-25)24(19-22-7-5-4-6-8-22)17-18-27-31(28,29)26-15-9-21(3)10-16-26/h4-16,20,24,27H,17-19H2,1-3H3/t24-/m0/s1.